The van der Waals surface area contributed by atoms with Crippen molar-refractivity contribution >= 4 is 15.8 Å². The van der Waals surface area contributed by atoms with Gasteiger partial charge in [-0.05, 0) is 24.0 Å². The molecule has 1 rings (SSSR count). The number of aromatic nitrogens is 1. The Balaban J connectivity index is 2.43. The maximum atomic E-state index is 11.3. The molecule has 0 spiro atoms. The van der Waals surface area contributed by atoms with Gasteiger partial charge in [-0.15, -0.1) is 0 Å². The van der Waals surface area contributed by atoms with E-state index in [9.17, 15) is 8.42 Å². The van der Waals surface area contributed by atoms with Crippen LogP contribution in [0, 0.1) is 5.41 Å². The molecule has 0 aliphatic rings. The largest absolute Gasteiger partial charge is 0.356 e. The Morgan fingerprint density at radius 1 is 1.32 bits per heavy atom. The van der Waals surface area contributed by atoms with Gasteiger partial charge in [0.05, 0.1) is 18.0 Å². The molecule has 0 aromatic carbocycles. The molecule has 0 saturated carbocycles. The smallest absolute Gasteiger partial charge is 0.191 e. The van der Waals surface area contributed by atoms with Crippen molar-refractivity contribution in [1.29, 1.82) is 0 Å². The number of rotatable bonds is 7. The molecule has 0 amide bonds. The van der Waals surface area contributed by atoms with E-state index in [2.05, 4.69) is 20.6 Å². The van der Waals surface area contributed by atoms with Crippen LogP contribution in [0.2, 0.25) is 0 Å². The van der Waals surface area contributed by atoms with Gasteiger partial charge in [0.2, 0.25) is 0 Å². The average Bonchev–Trinajstić information content (AvgIpc) is 2.46. The van der Waals surface area contributed by atoms with Gasteiger partial charge in [0, 0.05) is 26.0 Å². The molecule has 0 unspecified atom stereocenters. The van der Waals surface area contributed by atoms with Gasteiger partial charge in [-0.2, -0.15) is 0 Å². The van der Waals surface area contributed by atoms with Crippen molar-refractivity contribution in [2.24, 2.45) is 10.4 Å². The van der Waals surface area contributed by atoms with Crippen molar-refractivity contribution in [1.82, 2.24) is 15.6 Å². The Bertz CT molecular complexity index is 583. The molecule has 124 valence electrons. The summed E-state index contributed by atoms with van der Waals surface area (Å²) in [4.78, 5) is 8.40. The zero-order chi connectivity index (χ0) is 16.6. The van der Waals surface area contributed by atoms with Crippen molar-refractivity contribution in [2.75, 3.05) is 25.6 Å². The molecule has 0 saturated heterocycles. The second kappa shape index (κ2) is 8.12. The topological polar surface area (TPSA) is 83.4 Å². The summed E-state index contributed by atoms with van der Waals surface area (Å²) < 4.78 is 22.5. The van der Waals surface area contributed by atoms with Gasteiger partial charge in [-0.25, -0.2) is 8.42 Å². The number of nitrogens with one attached hydrogen (secondary N) is 2. The first kappa shape index (κ1) is 18.4. The van der Waals surface area contributed by atoms with Crippen LogP contribution in [0.5, 0.6) is 0 Å². The van der Waals surface area contributed by atoms with Gasteiger partial charge in [0.1, 0.15) is 9.84 Å². The minimum Gasteiger partial charge on any atom is -0.356 e. The number of guanidine groups is 1. The fraction of sp³-hybridized carbons (Fsp3) is 0.600. The van der Waals surface area contributed by atoms with Gasteiger partial charge >= 0.3 is 0 Å². The van der Waals surface area contributed by atoms with E-state index in [1.54, 1.807) is 13.2 Å². The SMILES string of the molecule is CN=C(NCc1ccccn1)NCC(C)(C)CCS(C)(=O)=O. The summed E-state index contributed by atoms with van der Waals surface area (Å²) in [7, 11) is -1.22. The summed E-state index contributed by atoms with van der Waals surface area (Å²) >= 11 is 0. The molecule has 0 aliphatic heterocycles. The van der Waals surface area contributed by atoms with Crippen LogP contribution in [0.4, 0.5) is 0 Å². The van der Waals surface area contributed by atoms with Crippen LogP contribution in [0.15, 0.2) is 29.4 Å². The predicted molar refractivity (Wildman–Crippen MR) is 90.5 cm³/mol. The molecule has 0 bridgehead atoms. The summed E-state index contributed by atoms with van der Waals surface area (Å²) in [5.74, 6) is 0.875. The second-order valence-electron chi connectivity index (χ2n) is 6.14. The first-order valence-corrected chi connectivity index (χ1v) is 9.30. The van der Waals surface area contributed by atoms with E-state index in [1.807, 2.05) is 32.0 Å². The van der Waals surface area contributed by atoms with Gasteiger partial charge in [0.25, 0.3) is 0 Å². The highest BCUT2D eigenvalue weighted by Gasteiger charge is 2.20. The Kier molecular flexibility index (Phi) is 6.80. The zero-order valence-corrected chi connectivity index (χ0v) is 14.6. The average molecular weight is 326 g/mol. The van der Waals surface area contributed by atoms with E-state index >= 15 is 0 Å². The molecule has 1 aromatic rings. The molecule has 0 fully saturated rings. The Hall–Kier alpha value is -1.63. The lowest BCUT2D eigenvalue weighted by atomic mass is 9.90. The molecule has 7 heteroatoms. The van der Waals surface area contributed by atoms with E-state index in [1.165, 1.54) is 6.26 Å². The molecule has 0 aliphatic carbocycles. The van der Waals surface area contributed by atoms with E-state index in [4.69, 9.17) is 0 Å². The Morgan fingerprint density at radius 3 is 2.59 bits per heavy atom. The van der Waals surface area contributed by atoms with Crippen LogP contribution in [0.3, 0.4) is 0 Å². The van der Waals surface area contributed by atoms with E-state index in [-0.39, 0.29) is 11.2 Å². The quantitative estimate of drug-likeness (QED) is 0.581. The van der Waals surface area contributed by atoms with Crippen molar-refractivity contribution in [2.45, 2.75) is 26.8 Å². The first-order chi connectivity index (χ1) is 10.2. The number of nitrogens with zero attached hydrogens (tertiary/aromatic N) is 2. The number of aliphatic imine (C=N–C) groups is 1. The maximum absolute atomic E-state index is 11.3. The monoisotopic (exact) mass is 326 g/mol. The van der Waals surface area contributed by atoms with Gasteiger partial charge in [0.15, 0.2) is 5.96 Å². The molecule has 6 nitrogen and oxygen atoms in total. The standard InChI is InChI=1S/C15H26N4O2S/c1-15(2,8-10-22(4,20)21)12-19-14(16-3)18-11-13-7-5-6-9-17-13/h5-7,9H,8,10-12H2,1-4H3,(H2,16,18,19). The van der Waals surface area contributed by atoms with Crippen molar-refractivity contribution in [3.8, 4) is 0 Å². The molecular weight excluding hydrogens is 300 g/mol. The number of sulfone groups is 1. The second-order valence-corrected chi connectivity index (χ2v) is 8.40. The summed E-state index contributed by atoms with van der Waals surface area (Å²) in [5, 5.41) is 6.42. The third kappa shape index (κ3) is 7.97. The molecule has 2 N–H and O–H groups in total. The molecule has 0 radical (unpaired) electrons. The molecular formula is C15H26N4O2S. The lowest BCUT2D eigenvalue weighted by molar-refractivity contribution is 0.348. The summed E-state index contributed by atoms with van der Waals surface area (Å²) in [5.41, 5.74) is 0.799. The van der Waals surface area contributed by atoms with Crippen molar-refractivity contribution in [3.05, 3.63) is 30.1 Å². The third-order valence-electron chi connectivity index (χ3n) is 3.27. The molecule has 1 heterocycles. The lowest BCUT2D eigenvalue weighted by Gasteiger charge is -2.25. The third-order valence-corrected chi connectivity index (χ3v) is 4.22. The fourth-order valence-corrected chi connectivity index (χ4v) is 2.69. The van der Waals surface area contributed by atoms with Crippen LogP contribution in [0.1, 0.15) is 26.0 Å². The molecule has 1 aromatic heterocycles. The Morgan fingerprint density at radius 2 is 2.05 bits per heavy atom. The summed E-state index contributed by atoms with van der Waals surface area (Å²) in [6, 6.07) is 5.76. The first-order valence-electron chi connectivity index (χ1n) is 7.24. The van der Waals surface area contributed by atoms with Crippen LogP contribution in [0.25, 0.3) is 0 Å². The fourth-order valence-electron chi connectivity index (χ4n) is 1.77. The van der Waals surface area contributed by atoms with Crippen LogP contribution >= 0.6 is 0 Å². The zero-order valence-electron chi connectivity index (χ0n) is 13.8. The molecule has 22 heavy (non-hydrogen) atoms. The van der Waals surface area contributed by atoms with Gasteiger partial charge < -0.3 is 10.6 Å². The maximum Gasteiger partial charge on any atom is 0.191 e. The van der Waals surface area contributed by atoms with Gasteiger partial charge in [-0.3, -0.25) is 9.98 Å². The highest BCUT2D eigenvalue weighted by molar-refractivity contribution is 7.90. The normalized spacial score (nSPS) is 13.0. The van der Waals surface area contributed by atoms with Crippen LogP contribution < -0.4 is 10.6 Å². The van der Waals surface area contributed by atoms with Crippen molar-refractivity contribution < 1.29 is 8.42 Å². The number of pyridine rings is 1. The summed E-state index contributed by atoms with van der Waals surface area (Å²) in [6.45, 7) is 5.31. The number of hydrogen-bond donors (Lipinski definition) is 2. The summed E-state index contributed by atoms with van der Waals surface area (Å²) in [6.07, 6.45) is 3.63. The highest BCUT2D eigenvalue weighted by atomic mass is 32.2. The number of hydrogen-bond acceptors (Lipinski definition) is 4. The van der Waals surface area contributed by atoms with Crippen LogP contribution in [-0.4, -0.2) is 45.0 Å². The molecule has 0 atom stereocenters. The van der Waals surface area contributed by atoms with Gasteiger partial charge in [-0.1, -0.05) is 19.9 Å². The van der Waals surface area contributed by atoms with Crippen molar-refractivity contribution in [3.63, 3.8) is 0 Å². The lowest BCUT2D eigenvalue weighted by Crippen LogP contribution is -2.42. The Labute approximate surface area is 133 Å². The predicted octanol–water partition coefficient (Wildman–Crippen LogP) is 1.21. The van der Waals surface area contributed by atoms with Crippen LogP contribution in [-0.2, 0) is 16.4 Å². The van der Waals surface area contributed by atoms with E-state index in [0.717, 1.165) is 5.69 Å². The van der Waals surface area contributed by atoms with E-state index < -0.39 is 9.84 Å². The van der Waals surface area contributed by atoms with E-state index in [0.29, 0.717) is 25.5 Å². The minimum atomic E-state index is -2.93. The minimum absolute atomic E-state index is 0.133. The highest BCUT2D eigenvalue weighted by Crippen LogP contribution is 2.19.